The molecule has 0 saturated heterocycles. The topological polar surface area (TPSA) is 40.5 Å². The van der Waals surface area contributed by atoms with Crippen LogP contribution < -0.4 is 4.90 Å². The van der Waals surface area contributed by atoms with Gasteiger partial charge >= 0.3 is 5.97 Å². The van der Waals surface area contributed by atoms with Gasteiger partial charge in [0.25, 0.3) is 0 Å². The highest BCUT2D eigenvalue weighted by Gasteiger charge is 2.32. The molecule has 1 N–H and O–H groups in total. The summed E-state index contributed by atoms with van der Waals surface area (Å²) >= 11 is 3.21. The quantitative estimate of drug-likeness (QED) is 0.804. The van der Waals surface area contributed by atoms with E-state index in [0.29, 0.717) is 11.6 Å². The van der Waals surface area contributed by atoms with E-state index >= 15 is 0 Å². The van der Waals surface area contributed by atoms with Crippen LogP contribution in [0.15, 0.2) is 40.6 Å². The fourth-order valence-corrected chi connectivity index (χ4v) is 3.82. The normalized spacial score (nSPS) is 14.1. The summed E-state index contributed by atoms with van der Waals surface area (Å²) in [5.41, 5.74) is 1.29. The molecule has 0 unspecified atom stereocenters. The van der Waals surface area contributed by atoms with E-state index in [1.165, 1.54) is 16.6 Å². The first-order valence-electron chi connectivity index (χ1n) is 6.90. The van der Waals surface area contributed by atoms with Crippen molar-refractivity contribution >= 4 is 34.8 Å². The second-order valence-electron chi connectivity index (χ2n) is 5.10. The van der Waals surface area contributed by atoms with Crippen molar-refractivity contribution in [3.63, 3.8) is 0 Å². The van der Waals surface area contributed by atoms with Crippen molar-refractivity contribution in [2.24, 2.45) is 0 Å². The van der Waals surface area contributed by atoms with Crippen molar-refractivity contribution in [2.75, 3.05) is 11.2 Å². The number of carboxylic acids is 1. The van der Waals surface area contributed by atoms with Crippen molar-refractivity contribution in [1.29, 1.82) is 0 Å². The van der Waals surface area contributed by atoms with Crippen molar-refractivity contribution < 1.29 is 9.90 Å². The summed E-state index contributed by atoms with van der Waals surface area (Å²) in [6, 6.07) is 10.4. The second kappa shape index (κ2) is 6.12. The first kappa shape index (κ1) is 14.5. The monoisotopic (exact) mass is 319 g/mol. The number of hydrogen-bond acceptors (Lipinski definition) is 4. The number of rotatable bonds is 6. The molecule has 1 aromatic heterocycles. The lowest BCUT2D eigenvalue weighted by Crippen LogP contribution is -2.26. The molecule has 0 amide bonds. The van der Waals surface area contributed by atoms with Crippen LogP contribution in [-0.2, 0) is 6.54 Å². The van der Waals surface area contributed by atoms with Crippen LogP contribution in [0.2, 0.25) is 0 Å². The summed E-state index contributed by atoms with van der Waals surface area (Å²) in [6.07, 6.45) is 4.22. The molecule has 3 rings (SSSR count). The summed E-state index contributed by atoms with van der Waals surface area (Å²) in [5, 5.41) is 11.7. The molecule has 0 spiro atoms. The van der Waals surface area contributed by atoms with Crippen molar-refractivity contribution in [3.8, 4) is 0 Å². The predicted octanol–water partition coefficient (Wildman–Crippen LogP) is 4.34. The molecular weight excluding hydrogens is 302 g/mol. The van der Waals surface area contributed by atoms with Gasteiger partial charge in [-0.1, -0.05) is 12.1 Å². The molecule has 1 fully saturated rings. The molecule has 0 atom stereocenters. The Labute approximate surface area is 132 Å². The van der Waals surface area contributed by atoms with E-state index in [1.807, 2.05) is 30.5 Å². The van der Waals surface area contributed by atoms with Crippen LogP contribution in [0.1, 0.15) is 28.1 Å². The fraction of sp³-hybridized carbons (Fsp3) is 0.312. The average Bonchev–Trinajstić information content (AvgIpc) is 3.20. The lowest BCUT2D eigenvalue weighted by molar-refractivity contribution is 0.0694. The Kier molecular flexibility index (Phi) is 4.22. The molecule has 0 radical (unpaired) electrons. The number of thiophene rings is 1. The Morgan fingerprint density at radius 3 is 2.76 bits per heavy atom. The van der Waals surface area contributed by atoms with Crippen LogP contribution >= 0.6 is 23.1 Å². The lowest BCUT2D eigenvalue weighted by Gasteiger charge is -2.26. The van der Waals surface area contributed by atoms with Gasteiger partial charge in [-0.15, -0.1) is 23.1 Å². The minimum atomic E-state index is -0.841. The number of aromatic carboxylic acids is 1. The lowest BCUT2D eigenvalue weighted by atomic mass is 10.1. The summed E-state index contributed by atoms with van der Waals surface area (Å²) < 4.78 is 0. The summed E-state index contributed by atoms with van der Waals surface area (Å²) in [6.45, 7) is 0.792. The molecule has 1 aliphatic rings. The molecule has 21 heavy (non-hydrogen) atoms. The van der Waals surface area contributed by atoms with Gasteiger partial charge in [0.1, 0.15) is 0 Å². The minimum Gasteiger partial charge on any atom is -0.478 e. The maximum absolute atomic E-state index is 11.7. The zero-order valence-corrected chi connectivity index (χ0v) is 13.4. The highest BCUT2D eigenvalue weighted by Crippen LogP contribution is 2.38. The molecule has 3 nitrogen and oxygen atoms in total. The van der Waals surface area contributed by atoms with Gasteiger partial charge in [-0.25, -0.2) is 4.79 Å². The van der Waals surface area contributed by atoms with Gasteiger partial charge in [-0.2, -0.15) is 0 Å². The number of carboxylic acid groups (broad SMARTS) is 1. The van der Waals surface area contributed by atoms with Gasteiger partial charge in [0, 0.05) is 15.8 Å². The summed E-state index contributed by atoms with van der Waals surface area (Å²) in [7, 11) is 0. The Hall–Kier alpha value is -1.46. The highest BCUT2D eigenvalue weighted by molar-refractivity contribution is 7.98. The zero-order valence-electron chi connectivity index (χ0n) is 11.8. The van der Waals surface area contributed by atoms with E-state index in [9.17, 15) is 9.90 Å². The Bertz CT molecular complexity index is 636. The van der Waals surface area contributed by atoms with Crippen LogP contribution in [0.3, 0.4) is 0 Å². The van der Waals surface area contributed by atoms with Gasteiger partial charge in [-0.3, -0.25) is 0 Å². The molecule has 1 heterocycles. The van der Waals surface area contributed by atoms with E-state index in [2.05, 4.69) is 16.3 Å². The molecule has 2 aromatic rings. The fourth-order valence-electron chi connectivity index (χ4n) is 2.51. The third-order valence-corrected chi connectivity index (χ3v) is 5.28. The first-order chi connectivity index (χ1) is 10.2. The summed E-state index contributed by atoms with van der Waals surface area (Å²) in [5.74, 6) is -0.841. The van der Waals surface area contributed by atoms with Gasteiger partial charge in [-0.05, 0) is 42.7 Å². The van der Waals surface area contributed by atoms with Gasteiger partial charge in [0.15, 0.2) is 0 Å². The first-order valence-corrected chi connectivity index (χ1v) is 9.00. The van der Waals surface area contributed by atoms with E-state index in [4.69, 9.17) is 0 Å². The second-order valence-corrected chi connectivity index (χ2v) is 6.98. The standard InChI is InChI=1S/C16H17NO2S2/c1-20-14-6-2-5-13(15(14)16(18)19)17(11-7-8-11)10-12-4-3-9-21-12/h2-6,9,11H,7-8,10H2,1H3,(H,18,19). The number of anilines is 1. The number of thioether (sulfide) groups is 1. The summed E-state index contributed by atoms with van der Waals surface area (Å²) in [4.78, 5) is 16.1. The van der Waals surface area contributed by atoms with E-state index < -0.39 is 5.97 Å². The SMILES string of the molecule is CSc1cccc(N(Cc2cccs2)C2CC2)c1C(=O)O. The highest BCUT2D eigenvalue weighted by atomic mass is 32.2. The Balaban J connectivity index is 2.01. The molecule has 5 heteroatoms. The van der Waals surface area contributed by atoms with Crippen LogP contribution in [0, 0.1) is 0 Å². The van der Waals surface area contributed by atoms with Crippen LogP contribution in [-0.4, -0.2) is 23.4 Å². The van der Waals surface area contributed by atoms with Gasteiger partial charge in [0.05, 0.1) is 17.8 Å². The number of nitrogens with zero attached hydrogens (tertiary/aromatic N) is 1. The average molecular weight is 319 g/mol. The molecular formula is C16H17NO2S2. The Morgan fingerprint density at radius 1 is 1.38 bits per heavy atom. The third kappa shape index (κ3) is 3.09. The van der Waals surface area contributed by atoms with Crippen LogP contribution in [0.5, 0.6) is 0 Å². The molecule has 110 valence electrons. The van der Waals surface area contributed by atoms with Gasteiger partial charge < -0.3 is 10.0 Å². The van der Waals surface area contributed by atoms with Crippen LogP contribution in [0.25, 0.3) is 0 Å². The molecule has 1 aliphatic carbocycles. The number of benzene rings is 1. The van der Waals surface area contributed by atoms with Crippen molar-refractivity contribution in [1.82, 2.24) is 0 Å². The van der Waals surface area contributed by atoms with E-state index in [-0.39, 0.29) is 0 Å². The third-order valence-electron chi connectivity index (χ3n) is 3.64. The smallest absolute Gasteiger partial charge is 0.338 e. The maximum atomic E-state index is 11.7. The Morgan fingerprint density at radius 2 is 2.19 bits per heavy atom. The number of hydrogen-bond donors (Lipinski definition) is 1. The molecule has 0 aliphatic heterocycles. The minimum absolute atomic E-state index is 0.438. The molecule has 0 bridgehead atoms. The van der Waals surface area contributed by atoms with E-state index in [1.54, 1.807) is 11.3 Å². The maximum Gasteiger partial charge on any atom is 0.338 e. The van der Waals surface area contributed by atoms with Crippen molar-refractivity contribution in [3.05, 3.63) is 46.2 Å². The van der Waals surface area contributed by atoms with E-state index in [0.717, 1.165) is 30.0 Å². The van der Waals surface area contributed by atoms with Crippen LogP contribution in [0.4, 0.5) is 5.69 Å². The zero-order chi connectivity index (χ0) is 14.8. The predicted molar refractivity (Wildman–Crippen MR) is 88.7 cm³/mol. The number of carbonyl (C=O) groups is 1. The molecule has 1 saturated carbocycles. The van der Waals surface area contributed by atoms with Crippen molar-refractivity contribution in [2.45, 2.75) is 30.3 Å². The molecule has 1 aromatic carbocycles. The largest absolute Gasteiger partial charge is 0.478 e. The van der Waals surface area contributed by atoms with Gasteiger partial charge in [0.2, 0.25) is 0 Å².